The third-order valence-electron chi connectivity index (χ3n) is 1.10. The molecule has 1 heterocycles. The molecule has 0 amide bonds. The van der Waals surface area contributed by atoms with Crippen LogP contribution in [0.15, 0.2) is 24.4 Å². The average Bonchev–Trinajstić information content (AvgIpc) is 2.07. The highest BCUT2D eigenvalue weighted by molar-refractivity contribution is 6.29. The van der Waals surface area contributed by atoms with Gasteiger partial charge in [0, 0.05) is 6.20 Å². The molecule has 4 N–H and O–H groups in total. The smallest absolute Gasteiger partial charge is 0.129 e. The van der Waals surface area contributed by atoms with Crippen LogP contribution in [-0.4, -0.2) is 11.1 Å². The van der Waals surface area contributed by atoms with E-state index in [0.717, 1.165) is 6.42 Å². The van der Waals surface area contributed by atoms with Crippen molar-refractivity contribution < 1.29 is 0 Å². The van der Waals surface area contributed by atoms with Crippen molar-refractivity contribution in [1.29, 1.82) is 0 Å². The molecule has 1 aromatic heterocycles. The van der Waals surface area contributed by atoms with E-state index in [1.807, 2.05) is 19.1 Å². The highest BCUT2D eigenvalue weighted by Crippen LogP contribution is 1.98. The largest absolute Gasteiger partial charge is 0.316 e. The van der Waals surface area contributed by atoms with Crippen molar-refractivity contribution in [3.05, 3.63) is 29.5 Å². The molecule has 0 bridgehead atoms. The molecule has 0 saturated carbocycles. The Labute approximate surface area is 89.9 Å². The minimum atomic E-state index is -0.116. The molecule has 0 fully saturated rings. The molecular formula is C8H15Cl2N3. The lowest BCUT2D eigenvalue weighted by atomic mass is 10.4. The zero-order valence-corrected chi connectivity index (χ0v) is 9.05. The molecule has 13 heavy (non-hydrogen) atoms. The van der Waals surface area contributed by atoms with E-state index in [0.29, 0.717) is 5.15 Å². The third kappa shape index (κ3) is 11.7. The number of halogens is 2. The fourth-order valence-electron chi connectivity index (χ4n) is 0.342. The summed E-state index contributed by atoms with van der Waals surface area (Å²) in [7, 11) is 0. The summed E-state index contributed by atoms with van der Waals surface area (Å²) in [6.45, 7) is 1.95. The summed E-state index contributed by atoms with van der Waals surface area (Å²) >= 11 is 5.43. The molecule has 1 rings (SSSR count). The van der Waals surface area contributed by atoms with Gasteiger partial charge in [-0.3, -0.25) is 0 Å². The van der Waals surface area contributed by atoms with E-state index in [1.54, 1.807) is 12.3 Å². The topological polar surface area (TPSA) is 64.9 Å². The van der Waals surface area contributed by atoms with Crippen molar-refractivity contribution in [3.8, 4) is 0 Å². The summed E-state index contributed by atoms with van der Waals surface area (Å²) < 4.78 is 0. The summed E-state index contributed by atoms with van der Waals surface area (Å²) in [5, 5.41) is 0.544. The second-order valence-electron chi connectivity index (χ2n) is 2.22. The SMILES string of the molecule is CCC(N)N.Cl.Clc1ccccn1. The van der Waals surface area contributed by atoms with Gasteiger partial charge >= 0.3 is 0 Å². The number of hydrogen-bond donors (Lipinski definition) is 2. The molecule has 0 unspecified atom stereocenters. The summed E-state index contributed by atoms with van der Waals surface area (Å²) in [6.07, 6.45) is 2.40. The van der Waals surface area contributed by atoms with Crippen LogP contribution in [0.25, 0.3) is 0 Å². The van der Waals surface area contributed by atoms with Crippen LogP contribution in [0.1, 0.15) is 13.3 Å². The van der Waals surface area contributed by atoms with E-state index < -0.39 is 0 Å². The van der Waals surface area contributed by atoms with Crippen LogP contribution >= 0.6 is 24.0 Å². The monoisotopic (exact) mass is 223 g/mol. The van der Waals surface area contributed by atoms with Crippen LogP contribution in [0.3, 0.4) is 0 Å². The number of aromatic nitrogens is 1. The zero-order valence-electron chi connectivity index (χ0n) is 7.48. The zero-order chi connectivity index (χ0) is 9.40. The van der Waals surface area contributed by atoms with Crippen molar-refractivity contribution in [2.24, 2.45) is 11.5 Å². The fraction of sp³-hybridized carbons (Fsp3) is 0.375. The molecule has 0 radical (unpaired) electrons. The normalized spacial score (nSPS) is 8.38. The lowest BCUT2D eigenvalue weighted by molar-refractivity contribution is 0.682. The van der Waals surface area contributed by atoms with Gasteiger partial charge in [-0.25, -0.2) is 4.98 Å². The summed E-state index contributed by atoms with van der Waals surface area (Å²) in [5.74, 6) is 0. The van der Waals surface area contributed by atoms with Gasteiger partial charge in [0.1, 0.15) is 5.15 Å². The lowest BCUT2D eigenvalue weighted by Crippen LogP contribution is -2.28. The van der Waals surface area contributed by atoms with Gasteiger partial charge in [-0.15, -0.1) is 12.4 Å². The van der Waals surface area contributed by atoms with E-state index in [1.165, 1.54) is 0 Å². The number of pyridine rings is 1. The number of hydrogen-bond acceptors (Lipinski definition) is 3. The predicted molar refractivity (Wildman–Crippen MR) is 58.9 cm³/mol. The summed E-state index contributed by atoms with van der Waals surface area (Å²) in [4.78, 5) is 3.74. The minimum Gasteiger partial charge on any atom is -0.316 e. The second-order valence-corrected chi connectivity index (χ2v) is 2.61. The second kappa shape index (κ2) is 9.74. The molecule has 0 aliphatic rings. The lowest BCUT2D eigenvalue weighted by Gasteiger charge is -1.92. The maximum absolute atomic E-state index is 5.43. The van der Waals surface area contributed by atoms with Crippen molar-refractivity contribution in [2.75, 3.05) is 0 Å². The Balaban J connectivity index is 0. The quantitative estimate of drug-likeness (QED) is 0.564. The van der Waals surface area contributed by atoms with Crippen molar-refractivity contribution in [1.82, 2.24) is 4.98 Å². The van der Waals surface area contributed by atoms with Gasteiger partial charge in [-0.05, 0) is 18.6 Å². The van der Waals surface area contributed by atoms with E-state index >= 15 is 0 Å². The first-order valence-electron chi connectivity index (χ1n) is 3.74. The molecule has 5 heteroatoms. The number of rotatable bonds is 1. The van der Waals surface area contributed by atoms with Gasteiger partial charge < -0.3 is 11.5 Å². The van der Waals surface area contributed by atoms with Crippen LogP contribution in [0.2, 0.25) is 5.15 Å². The molecule has 0 aliphatic carbocycles. The summed E-state index contributed by atoms with van der Waals surface area (Å²) in [6, 6.07) is 5.41. The Hall–Kier alpha value is -0.350. The van der Waals surface area contributed by atoms with Gasteiger partial charge in [-0.1, -0.05) is 24.6 Å². The highest BCUT2D eigenvalue weighted by atomic mass is 35.5. The standard InChI is InChI=1S/C5H4ClN.C3H10N2.ClH/c6-5-3-1-2-4-7-5;1-2-3(4)5;/h1-4H;3H,2,4-5H2,1H3;1H. The maximum Gasteiger partial charge on any atom is 0.129 e. The Morgan fingerprint density at radius 3 is 2.15 bits per heavy atom. The Bertz CT molecular complexity index is 192. The van der Waals surface area contributed by atoms with Gasteiger partial charge in [0.25, 0.3) is 0 Å². The van der Waals surface area contributed by atoms with Gasteiger partial charge in [-0.2, -0.15) is 0 Å². The Kier molecular flexibility index (Phi) is 11.3. The van der Waals surface area contributed by atoms with E-state index in [9.17, 15) is 0 Å². The summed E-state index contributed by atoms with van der Waals surface area (Å²) in [5.41, 5.74) is 10.1. The van der Waals surface area contributed by atoms with Crippen LogP contribution in [-0.2, 0) is 0 Å². The molecule has 0 atom stereocenters. The molecule has 0 saturated heterocycles. The molecule has 3 nitrogen and oxygen atoms in total. The number of nitrogens with zero attached hydrogens (tertiary/aromatic N) is 1. The van der Waals surface area contributed by atoms with E-state index in [-0.39, 0.29) is 18.6 Å². The number of nitrogens with two attached hydrogens (primary N) is 2. The molecule has 0 aromatic carbocycles. The third-order valence-corrected chi connectivity index (χ3v) is 1.32. The molecule has 0 aliphatic heterocycles. The fourth-order valence-corrected chi connectivity index (χ4v) is 0.471. The Morgan fingerprint density at radius 2 is 2.00 bits per heavy atom. The minimum absolute atomic E-state index is 0. The molecular weight excluding hydrogens is 209 g/mol. The van der Waals surface area contributed by atoms with Crippen LogP contribution < -0.4 is 11.5 Å². The Morgan fingerprint density at radius 1 is 1.46 bits per heavy atom. The molecule has 76 valence electrons. The first-order chi connectivity index (χ1) is 5.66. The van der Waals surface area contributed by atoms with E-state index in [2.05, 4.69) is 4.98 Å². The first-order valence-corrected chi connectivity index (χ1v) is 4.12. The first kappa shape index (κ1) is 15.1. The molecule has 1 aromatic rings. The van der Waals surface area contributed by atoms with Crippen molar-refractivity contribution in [3.63, 3.8) is 0 Å². The maximum atomic E-state index is 5.43. The highest BCUT2D eigenvalue weighted by Gasteiger charge is 1.79. The van der Waals surface area contributed by atoms with Gasteiger partial charge in [0.05, 0.1) is 6.17 Å². The van der Waals surface area contributed by atoms with Gasteiger partial charge in [0.2, 0.25) is 0 Å². The van der Waals surface area contributed by atoms with Gasteiger partial charge in [0.15, 0.2) is 0 Å². The van der Waals surface area contributed by atoms with E-state index in [4.69, 9.17) is 23.1 Å². The van der Waals surface area contributed by atoms with Crippen LogP contribution in [0, 0.1) is 0 Å². The van der Waals surface area contributed by atoms with Crippen LogP contribution in [0.4, 0.5) is 0 Å². The van der Waals surface area contributed by atoms with Crippen molar-refractivity contribution in [2.45, 2.75) is 19.5 Å². The average molecular weight is 224 g/mol. The van der Waals surface area contributed by atoms with Crippen molar-refractivity contribution >= 4 is 24.0 Å². The predicted octanol–water partition coefficient (Wildman–Crippen LogP) is 1.80. The molecule has 0 spiro atoms. The van der Waals surface area contributed by atoms with Crippen LogP contribution in [0.5, 0.6) is 0 Å².